The summed E-state index contributed by atoms with van der Waals surface area (Å²) in [6.45, 7) is 8.37. The normalized spacial score (nSPS) is 12.8. The van der Waals surface area contributed by atoms with Gasteiger partial charge in [0.15, 0.2) is 0 Å². The highest BCUT2D eigenvalue weighted by molar-refractivity contribution is 7.17. The van der Waals surface area contributed by atoms with Crippen LogP contribution in [-0.4, -0.2) is 13.6 Å². The maximum absolute atomic E-state index is 5.96. The van der Waals surface area contributed by atoms with Crippen LogP contribution in [0.1, 0.15) is 13.8 Å². The molecule has 0 rings (SSSR count). The Labute approximate surface area is 57.2 Å². The van der Waals surface area contributed by atoms with Gasteiger partial charge in [-0.1, -0.05) is 13.8 Å². The maximum Gasteiger partial charge on any atom is 0.220 e. The smallest absolute Gasteiger partial charge is 0.220 e. The first kappa shape index (κ1) is 8.47. The Balaban J connectivity index is 3.39. The third-order valence-electron chi connectivity index (χ3n) is 0.632. The molecule has 8 heavy (non-hydrogen) atoms. The molecule has 0 bridgehead atoms. The van der Waals surface area contributed by atoms with Gasteiger partial charge in [0.05, 0.1) is 0 Å². The molecule has 0 aromatic heterocycles. The summed E-state index contributed by atoms with van der Waals surface area (Å²) in [5, 5.41) is 0. The van der Waals surface area contributed by atoms with E-state index < -0.39 is 7.55 Å². The Bertz CT molecular complexity index is 67.3. The van der Waals surface area contributed by atoms with Gasteiger partial charge in [-0.3, -0.25) is 0 Å². The van der Waals surface area contributed by atoms with E-state index in [9.17, 15) is 0 Å². The van der Waals surface area contributed by atoms with E-state index >= 15 is 0 Å². The first-order valence-electron chi connectivity index (χ1n) is 2.88. The minimum Gasteiger partial charge on any atom is -0.323 e. The van der Waals surface area contributed by atoms with Gasteiger partial charge in [-0.05, 0) is 19.1 Å². The molecule has 0 aliphatic carbocycles. The van der Waals surface area contributed by atoms with E-state index in [0.717, 1.165) is 0 Å². The molecule has 1 N–H and O–H groups in total. The van der Waals surface area contributed by atoms with E-state index in [-0.39, 0.29) is 0 Å². The molecule has 0 aromatic rings. The van der Waals surface area contributed by atoms with E-state index in [4.69, 9.17) is 11.1 Å². The van der Waals surface area contributed by atoms with Crippen LogP contribution >= 0.6 is 11.1 Å². The lowest BCUT2D eigenvalue weighted by molar-refractivity contribution is 0.742. The van der Waals surface area contributed by atoms with E-state index in [0.29, 0.717) is 6.04 Å². The molecule has 50 valence electrons. The SMILES string of the molecule is CC(C)N[Si](C)(C)Cl. The van der Waals surface area contributed by atoms with Gasteiger partial charge in [-0.2, -0.15) is 0 Å². The highest BCUT2D eigenvalue weighted by Gasteiger charge is 2.16. The van der Waals surface area contributed by atoms with Crippen molar-refractivity contribution in [2.75, 3.05) is 0 Å². The molecule has 3 heteroatoms. The van der Waals surface area contributed by atoms with Gasteiger partial charge in [0.25, 0.3) is 0 Å². The number of halogens is 1. The Morgan fingerprint density at radius 2 is 1.75 bits per heavy atom. The van der Waals surface area contributed by atoms with Gasteiger partial charge in [0, 0.05) is 0 Å². The first-order valence-corrected chi connectivity index (χ1v) is 6.89. The highest BCUT2D eigenvalue weighted by Crippen LogP contribution is 2.02. The van der Waals surface area contributed by atoms with Crippen LogP contribution in [0.4, 0.5) is 0 Å². The molecule has 0 fully saturated rings. The van der Waals surface area contributed by atoms with Crippen molar-refractivity contribution >= 4 is 18.6 Å². The summed E-state index contributed by atoms with van der Waals surface area (Å²) in [5.41, 5.74) is 0. The number of rotatable bonds is 2. The topological polar surface area (TPSA) is 12.0 Å². The van der Waals surface area contributed by atoms with Crippen molar-refractivity contribution in [3.05, 3.63) is 0 Å². The largest absolute Gasteiger partial charge is 0.323 e. The molecule has 0 saturated heterocycles. The van der Waals surface area contributed by atoms with E-state index in [2.05, 4.69) is 31.9 Å². The van der Waals surface area contributed by atoms with Crippen molar-refractivity contribution < 1.29 is 0 Å². The lowest BCUT2D eigenvalue weighted by Gasteiger charge is -2.17. The second-order valence-corrected chi connectivity index (χ2v) is 8.84. The van der Waals surface area contributed by atoms with Crippen molar-refractivity contribution in [2.45, 2.75) is 33.0 Å². The summed E-state index contributed by atoms with van der Waals surface area (Å²) in [7, 11) is -1.50. The van der Waals surface area contributed by atoms with Crippen LogP contribution in [0.25, 0.3) is 0 Å². The third-order valence-corrected chi connectivity index (χ3v) is 2.22. The fraction of sp³-hybridized carbons (Fsp3) is 1.00. The molecule has 1 nitrogen and oxygen atoms in total. The van der Waals surface area contributed by atoms with E-state index in [1.165, 1.54) is 0 Å². The zero-order valence-electron chi connectivity index (χ0n) is 5.96. The fourth-order valence-corrected chi connectivity index (χ4v) is 2.71. The molecule has 0 spiro atoms. The zero-order chi connectivity index (χ0) is 6.78. The van der Waals surface area contributed by atoms with Crippen LogP contribution in [0.5, 0.6) is 0 Å². The number of nitrogens with one attached hydrogen (secondary N) is 1. The minimum atomic E-state index is -1.50. The van der Waals surface area contributed by atoms with Gasteiger partial charge in [0.2, 0.25) is 7.55 Å². The quantitative estimate of drug-likeness (QED) is 0.470. The molecule has 0 aliphatic rings. The summed E-state index contributed by atoms with van der Waals surface area (Å²) < 4.78 is 0. The predicted molar refractivity (Wildman–Crippen MR) is 41.6 cm³/mol. The Morgan fingerprint density at radius 1 is 1.38 bits per heavy atom. The Kier molecular flexibility index (Phi) is 3.02. The molecule has 0 radical (unpaired) electrons. The minimum absolute atomic E-state index is 0.522. The van der Waals surface area contributed by atoms with Gasteiger partial charge >= 0.3 is 0 Å². The molecule has 0 aromatic carbocycles. The van der Waals surface area contributed by atoms with E-state index in [1.54, 1.807) is 0 Å². The summed E-state index contributed by atoms with van der Waals surface area (Å²) in [5.74, 6) is 0. The standard InChI is InChI=1S/C5H14ClNSi/c1-5(2)7-8(3,4)6/h5,7H,1-4H3. The molecule has 0 heterocycles. The molecule has 0 amide bonds. The average Bonchev–Trinajstić information content (AvgIpc) is 1.21. The molecule has 0 saturated carbocycles. The number of hydrogen-bond acceptors (Lipinski definition) is 1. The van der Waals surface area contributed by atoms with Crippen molar-refractivity contribution in [3.8, 4) is 0 Å². The maximum atomic E-state index is 5.96. The molecule has 0 aliphatic heterocycles. The monoisotopic (exact) mass is 151 g/mol. The van der Waals surface area contributed by atoms with Crippen LogP contribution < -0.4 is 4.98 Å². The molecular weight excluding hydrogens is 138 g/mol. The Morgan fingerprint density at radius 3 is 1.75 bits per heavy atom. The van der Waals surface area contributed by atoms with Crippen LogP contribution in [0.2, 0.25) is 13.1 Å². The van der Waals surface area contributed by atoms with Crippen LogP contribution in [0.3, 0.4) is 0 Å². The van der Waals surface area contributed by atoms with Gasteiger partial charge in [0.1, 0.15) is 0 Å². The summed E-state index contributed by atoms with van der Waals surface area (Å²) in [4.78, 5) is 3.29. The second-order valence-electron chi connectivity index (χ2n) is 2.77. The average molecular weight is 152 g/mol. The van der Waals surface area contributed by atoms with Gasteiger partial charge in [-0.25, -0.2) is 0 Å². The molecule has 0 unspecified atom stereocenters. The lowest BCUT2D eigenvalue weighted by atomic mass is 10.4. The third kappa shape index (κ3) is 6.47. The number of hydrogen-bond donors (Lipinski definition) is 1. The summed E-state index contributed by atoms with van der Waals surface area (Å²) in [6, 6.07) is 0.522. The predicted octanol–water partition coefficient (Wildman–Crippen LogP) is 1.92. The van der Waals surface area contributed by atoms with Crippen molar-refractivity contribution in [1.29, 1.82) is 0 Å². The van der Waals surface area contributed by atoms with Crippen molar-refractivity contribution in [2.24, 2.45) is 0 Å². The second kappa shape index (κ2) is 2.85. The summed E-state index contributed by atoms with van der Waals surface area (Å²) in [6.07, 6.45) is 0. The van der Waals surface area contributed by atoms with Crippen LogP contribution in [0, 0.1) is 0 Å². The zero-order valence-corrected chi connectivity index (χ0v) is 7.71. The van der Waals surface area contributed by atoms with Gasteiger partial charge in [-0.15, -0.1) is 11.1 Å². The van der Waals surface area contributed by atoms with Crippen LogP contribution in [0.15, 0.2) is 0 Å². The molecule has 0 atom stereocenters. The van der Waals surface area contributed by atoms with Crippen LogP contribution in [-0.2, 0) is 0 Å². The highest BCUT2D eigenvalue weighted by atomic mass is 35.6. The lowest BCUT2D eigenvalue weighted by Crippen LogP contribution is -2.43. The Hall–Kier alpha value is 0.467. The fourth-order valence-electron chi connectivity index (χ4n) is 0.686. The van der Waals surface area contributed by atoms with Crippen molar-refractivity contribution in [3.63, 3.8) is 0 Å². The summed E-state index contributed by atoms with van der Waals surface area (Å²) >= 11 is 5.96. The first-order chi connectivity index (χ1) is 3.42. The van der Waals surface area contributed by atoms with Crippen molar-refractivity contribution in [1.82, 2.24) is 4.98 Å². The van der Waals surface area contributed by atoms with Gasteiger partial charge < -0.3 is 4.98 Å². The molecular formula is C5H14ClNSi. The van der Waals surface area contributed by atoms with E-state index in [1.807, 2.05) is 0 Å².